The molecule has 1 aromatic heterocycles. The minimum Gasteiger partial charge on any atom is -0.358 e. The predicted octanol–water partition coefficient (Wildman–Crippen LogP) is 3.20. The highest BCUT2D eigenvalue weighted by molar-refractivity contribution is 5.86. The molecule has 1 aliphatic rings. The maximum Gasteiger partial charge on any atom is 0.0461 e. The molecule has 1 atom stereocenters. The molecule has 0 bridgehead atoms. The second kappa shape index (κ2) is 4.13. The lowest BCUT2D eigenvalue weighted by Crippen LogP contribution is -2.33. The Bertz CT molecular complexity index is 593. The first-order valence-corrected chi connectivity index (χ1v) is 6.83. The van der Waals surface area contributed by atoms with E-state index in [9.17, 15) is 0 Å². The van der Waals surface area contributed by atoms with Gasteiger partial charge in [-0.05, 0) is 76.0 Å². The number of nitrogens with one attached hydrogen (secondary N) is 1. The Balaban J connectivity index is 2.12. The first-order chi connectivity index (χ1) is 8.56. The van der Waals surface area contributed by atoms with Gasteiger partial charge in [0.05, 0.1) is 0 Å². The van der Waals surface area contributed by atoms with Gasteiger partial charge in [0.25, 0.3) is 0 Å². The molecule has 0 amide bonds. The number of aromatic amines is 1. The standard InChI is InChI=1S/C16H22N2/c1-10-7-13-14-9-12(18(3)4)5-6-15(14)17-16(13)8-11(10)2/h7-8,12,17H,5-6,9H2,1-4H3. The van der Waals surface area contributed by atoms with Crippen LogP contribution in [0, 0.1) is 13.8 Å². The lowest BCUT2D eigenvalue weighted by atomic mass is 9.90. The van der Waals surface area contributed by atoms with Crippen LogP contribution in [0.2, 0.25) is 0 Å². The van der Waals surface area contributed by atoms with E-state index in [0.717, 1.165) is 0 Å². The van der Waals surface area contributed by atoms with Gasteiger partial charge in [0.2, 0.25) is 0 Å². The minimum atomic E-state index is 0.693. The summed E-state index contributed by atoms with van der Waals surface area (Å²) in [6.45, 7) is 4.40. The zero-order chi connectivity index (χ0) is 12.9. The average Bonchev–Trinajstić information content (AvgIpc) is 2.66. The molecule has 0 fully saturated rings. The molecule has 1 aliphatic carbocycles. The van der Waals surface area contributed by atoms with Crippen LogP contribution in [0.4, 0.5) is 0 Å². The van der Waals surface area contributed by atoms with Crippen molar-refractivity contribution in [3.63, 3.8) is 0 Å². The number of aromatic nitrogens is 1. The highest BCUT2D eigenvalue weighted by atomic mass is 15.1. The average molecular weight is 242 g/mol. The predicted molar refractivity (Wildman–Crippen MR) is 77.3 cm³/mol. The van der Waals surface area contributed by atoms with Crippen molar-refractivity contribution < 1.29 is 0 Å². The van der Waals surface area contributed by atoms with Gasteiger partial charge in [0.1, 0.15) is 0 Å². The van der Waals surface area contributed by atoms with E-state index >= 15 is 0 Å². The maximum atomic E-state index is 3.63. The Hall–Kier alpha value is -1.28. The van der Waals surface area contributed by atoms with Crippen LogP contribution in [0.1, 0.15) is 28.8 Å². The summed E-state index contributed by atoms with van der Waals surface area (Å²) in [6.07, 6.45) is 3.64. The normalized spacial score (nSPS) is 19.5. The molecule has 18 heavy (non-hydrogen) atoms. The van der Waals surface area contributed by atoms with Crippen molar-refractivity contribution >= 4 is 10.9 Å². The lowest BCUT2D eigenvalue weighted by molar-refractivity contribution is 0.268. The number of fused-ring (bicyclic) bond motifs is 3. The van der Waals surface area contributed by atoms with Gasteiger partial charge in [-0.3, -0.25) is 0 Å². The summed E-state index contributed by atoms with van der Waals surface area (Å²) in [4.78, 5) is 5.99. The summed E-state index contributed by atoms with van der Waals surface area (Å²) < 4.78 is 0. The zero-order valence-electron chi connectivity index (χ0n) is 11.8. The summed E-state index contributed by atoms with van der Waals surface area (Å²) in [5.41, 5.74) is 7.12. The fraction of sp³-hybridized carbons (Fsp3) is 0.500. The first-order valence-electron chi connectivity index (χ1n) is 6.83. The molecular formula is C16H22N2. The molecule has 0 saturated heterocycles. The second-order valence-corrected chi connectivity index (χ2v) is 5.92. The molecule has 0 spiro atoms. The second-order valence-electron chi connectivity index (χ2n) is 5.92. The van der Waals surface area contributed by atoms with Crippen LogP contribution in [0.15, 0.2) is 12.1 Å². The lowest BCUT2D eigenvalue weighted by Gasteiger charge is -2.28. The van der Waals surface area contributed by atoms with Crippen LogP contribution in [-0.2, 0) is 12.8 Å². The van der Waals surface area contributed by atoms with Gasteiger partial charge in [-0.25, -0.2) is 0 Å². The highest BCUT2D eigenvalue weighted by Gasteiger charge is 2.23. The Labute approximate surface area is 109 Å². The monoisotopic (exact) mass is 242 g/mol. The van der Waals surface area contributed by atoms with Crippen LogP contribution < -0.4 is 0 Å². The Morgan fingerprint density at radius 1 is 1.17 bits per heavy atom. The molecule has 0 radical (unpaired) electrons. The van der Waals surface area contributed by atoms with Gasteiger partial charge in [0.15, 0.2) is 0 Å². The Kier molecular flexibility index (Phi) is 2.70. The van der Waals surface area contributed by atoms with E-state index in [0.29, 0.717) is 6.04 Å². The molecule has 3 rings (SSSR count). The van der Waals surface area contributed by atoms with Crippen molar-refractivity contribution in [1.29, 1.82) is 0 Å². The summed E-state index contributed by atoms with van der Waals surface area (Å²) in [5.74, 6) is 0. The van der Waals surface area contributed by atoms with Crippen LogP contribution in [-0.4, -0.2) is 30.0 Å². The summed E-state index contributed by atoms with van der Waals surface area (Å²) in [7, 11) is 4.39. The summed E-state index contributed by atoms with van der Waals surface area (Å²) in [5, 5.41) is 1.44. The molecule has 2 heteroatoms. The molecule has 0 aliphatic heterocycles. The van der Waals surface area contributed by atoms with E-state index in [1.807, 2.05) is 0 Å². The fourth-order valence-electron chi connectivity index (χ4n) is 3.11. The van der Waals surface area contributed by atoms with Crippen molar-refractivity contribution in [1.82, 2.24) is 9.88 Å². The van der Waals surface area contributed by atoms with Crippen molar-refractivity contribution in [3.05, 3.63) is 34.5 Å². The third-order valence-electron chi connectivity index (χ3n) is 4.51. The summed E-state index contributed by atoms with van der Waals surface area (Å²) >= 11 is 0. The molecule has 96 valence electrons. The third kappa shape index (κ3) is 1.76. The van der Waals surface area contributed by atoms with Gasteiger partial charge in [-0.1, -0.05) is 0 Å². The molecular weight excluding hydrogens is 220 g/mol. The van der Waals surface area contributed by atoms with E-state index < -0.39 is 0 Å². The van der Waals surface area contributed by atoms with Gasteiger partial charge >= 0.3 is 0 Å². The van der Waals surface area contributed by atoms with Crippen molar-refractivity contribution in [2.75, 3.05) is 14.1 Å². The van der Waals surface area contributed by atoms with Gasteiger partial charge < -0.3 is 9.88 Å². The van der Waals surface area contributed by atoms with E-state index in [4.69, 9.17) is 0 Å². The fourth-order valence-corrected chi connectivity index (χ4v) is 3.11. The van der Waals surface area contributed by atoms with E-state index in [1.165, 1.54) is 47.0 Å². The van der Waals surface area contributed by atoms with Gasteiger partial charge in [-0.15, -0.1) is 0 Å². The summed E-state index contributed by atoms with van der Waals surface area (Å²) in [6, 6.07) is 5.35. The SMILES string of the molecule is Cc1cc2[nH]c3c(c2cc1C)CC(N(C)C)CC3. The first kappa shape index (κ1) is 11.8. The number of hydrogen-bond acceptors (Lipinski definition) is 1. The molecule has 1 aromatic carbocycles. The Morgan fingerprint density at radius 2 is 1.89 bits per heavy atom. The number of hydrogen-bond donors (Lipinski definition) is 1. The number of H-pyrrole nitrogens is 1. The van der Waals surface area contributed by atoms with E-state index in [-0.39, 0.29) is 0 Å². The molecule has 1 heterocycles. The minimum absolute atomic E-state index is 0.693. The zero-order valence-corrected chi connectivity index (χ0v) is 11.8. The largest absolute Gasteiger partial charge is 0.358 e. The number of likely N-dealkylation sites (N-methyl/N-ethyl adjacent to an activating group) is 1. The van der Waals surface area contributed by atoms with Crippen molar-refractivity contribution in [2.24, 2.45) is 0 Å². The smallest absolute Gasteiger partial charge is 0.0461 e. The van der Waals surface area contributed by atoms with E-state index in [1.54, 1.807) is 5.56 Å². The third-order valence-corrected chi connectivity index (χ3v) is 4.51. The molecule has 2 aromatic rings. The molecule has 2 nitrogen and oxygen atoms in total. The quantitative estimate of drug-likeness (QED) is 0.813. The van der Waals surface area contributed by atoms with Crippen LogP contribution >= 0.6 is 0 Å². The molecule has 1 unspecified atom stereocenters. The number of benzene rings is 1. The maximum absolute atomic E-state index is 3.63. The number of nitrogens with zero attached hydrogens (tertiary/aromatic N) is 1. The Morgan fingerprint density at radius 3 is 2.61 bits per heavy atom. The topological polar surface area (TPSA) is 19.0 Å². The number of rotatable bonds is 1. The molecule has 1 N–H and O–H groups in total. The number of aryl methyl sites for hydroxylation is 3. The van der Waals surface area contributed by atoms with Crippen LogP contribution in [0.25, 0.3) is 10.9 Å². The van der Waals surface area contributed by atoms with Gasteiger partial charge in [-0.2, -0.15) is 0 Å². The van der Waals surface area contributed by atoms with E-state index in [2.05, 4.69) is 50.0 Å². The highest BCUT2D eigenvalue weighted by Crippen LogP contribution is 2.31. The van der Waals surface area contributed by atoms with Crippen molar-refractivity contribution in [2.45, 2.75) is 39.2 Å². The van der Waals surface area contributed by atoms with Crippen LogP contribution in [0.3, 0.4) is 0 Å². The van der Waals surface area contributed by atoms with Crippen LogP contribution in [0.5, 0.6) is 0 Å². The van der Waals surface area contributed by atoms with Gasteiger partial charge in [0, 0.05) is 22.6 Å². The molecule has 0 saturated carbocycles. The van der Waals surface area contributed by atoms with Crippen molar-refractivity contribution in [3.8, 4) is 0 Å².